The molecule has 0 aliphatic rings. The van der Waals surface area contributed by atoms with Crippen LogP contribution in [-0.4, -0.2) is 132 Å². The van der Waals surface area contributed by atoms with Gasteiger partial charge in [-0.3, -0.25) is 19.2 Å². The van der Waals surface area contributed by atoms with Crippen LogP contribution in [0, 0.1) is 0 Å². The van der Waals surface area contributed by atoms with Crippen LogP contribution in [0.5, 0.6) is 0 Å². The van der Waals surface area contributed by atoms with Gasteiger partial charge in [-0.05, 0) is 26.2 Å². The Balaban J connectivity index is 3.53. The number of hydrogen-bond acceptors (Lipinski definition) is 11. The zero-order chi connectivity index (χ0) is 41.2. The largest absolute Gasteiger partial charge is 0.481 e. The Morgan fingerprint density at radius 1 is 0.429 bits per heavy atom. The molecule has 0 radical (unpaired) electrons. The standard InChI is InChI=1S/C41H76N2O13/c1-36(44)22-24-51-26-28-53-30-32-55-34-35-56-33-31-54-29-27-52-25-23-42-38(45)21-20-37(41(49)50)43-39(46)18-16-14-12-10-8-6-4-2-3-5-7-9-11-13-15-17-19-40(47)48/h37H,2-35H2,1H3,(H,42,45)(H,43,46)(H,47,48)(H,49,50)/t37-/m0/s1. The van der Waals surface area contributed by atoms with Crippen molar-refractivity contribution >= 4 is 29.5 Å². The summed E-state index contributed by atoms with van der Waals surface area (Å²) in [5.41, 5.74) is 0. The normalized spacial score (nSPS) is 11.7. The van der Waals surface area contributed by atoms with Gasteiger partial charge in [-0.2, -0.15) is 0 Å². The van der Waals surface area contributed by atoms with Crippen molar-refractivity contribution in [3.05, 3.63) is 0 Å². The maximum absolute atomic E-state index is 12.3. The van der Waals surface area contributed by atoms with Crippen LogP contribution in [0.2, 0.25) is 0 Å². The van der Waals surface area contributed by atoms with Gasteiger partial charge in [-0.25, -0.2) is 4.79 Å². The fourth-order valence-electron chi connectivity index (χ4n) is 5.60. The van der Waals surface area contributed by atoms with Gasteiger partial charge in [0.15, 0.2) is 0 Å². The highest BCUT2D eigenvalue weighted by atomic mass is 16.6. The van der Waals surface area contributed by atoms with E-state index < -0.39 is 18.0 Å². The third-order valence-corrected chi connectivity index (χ3v) is 8.86. The van der Waals surface area contributed by atoms with Gasteiger partial charge in [-0.1, -0.05) is 89.9 Å². The number of carboxylic acids is 2. The number of ether oxygens (including phenoxy) is 6. The Morgan fingerprint density at radius 2 is 0.786 bits per heavy atom. The lowest BCUT2D eigenvalue weighted by Gasteiger charge is -2.14. The molecule has 0 aliphatic heterocycles. The smallest absolute Gasteiger partial charge is 0.326 e. The average molecular weight is 805 g/mol. The number of amides is 2. The molecule has 0 aromatic rings. The van der Waals surface area contributed by atoms with Crippen molar-refractivity contribution < 1.29 is 62.6 Å². The first-order valence-corrected chi connectivity index (χ1v) is 21.2. The van der Waals surface area contributed by atoms with Crippen LogP contribution < -0.4 is 10.6 Å². The fraction of sp³-hybridized carbons (Fsp3) is 0.878. The zero-order valence-electron chi connectivity index (χ0n) is 34.5. The molecule has 0 unspecified atom stereocenters. The van der Waals surface area contributed by atoms with Crippen molar-refractivity contribution in [1.82, 2.24) is 10.6 Å². The van der Waals surface area contributed by atoms with Gasteiger partial charge in [0.1, 0.15) is 11.8 Å². The van der Waals surface area contributed by atoms with Crippen molar-refractivity contribution in [2.45, 2.75) is 148 Å². The number of carboxylic acid groups (broad SMARTS) is 2. The molecule has 4 N–H and O–H groups in total. The zero-order valence-corrected chi connectivity index (χ0v) is 34.5. The topological polar surface area (TPSA) is 205 Å². The van der Waals surface area contributed by atoms with E-state index in [1.54, 1.807) is 0 Å². The van der Waals surface area contributed by atoms with Gasteiger partial charge >= 0.3 is 11.9 Å². The molecule has 0 heterocycles. The van der Waals surface area contributed by atoms with Crippen LogP contribution in [0.15, 0.2) is 0 Å². The lowest BCUT2D eigenvalue weighted by atomic mass is 10.0. The quantitative estimate of drug-likeness (QED) is 0.0551. The number of carbonyl (C=O) groups is 5. The van der Waals surface area contributed by atoms with Crippen molar-refractivity contribution in [3.63, 3.8) is 0 Å². The van der Waals surface area contributed by atoms with Gasteiger partial charge in [0.05, 0.1) is 79.3 Å². The van der Waals surface area contributed by atoms with Crippen molar-refractivity contribution in [2.75, 3.05) is 85.8 Å². The highest BCUT2D eigenvalue weighted by molar-refractivity contribution is 5.84. The van der Waals surface area contributed by atoms with Crippen molar-refractivity contribution in [2.24, 2.45) is 0 Å². The number of hydrogen-bond donors (Lipinski definition) is 4. The van der Waals surface area contributed by atoms with Crippen LogP contribution in [0.1, 0.15) is 142 Å². The molecule has 0 saturated carbocycles. The van der Waals surface area contributed by atoms with Gasteiger partial charge in [0, 0.05) is 32.2 Å². The molecule has 0 aromatic carbocycles. The van der Waals surface area contributed by atoms with Crippen LogP contribution in [0.25, 0.3) is 0 Å². The molecular formula is C41H76N2O13. The lowest BCUT2D eigenvalue weighted by Crippen LogP contribution is -2.41. The predicted molar refractivity (Wildman–Crippen MR) is 213 cm³/mol. The summed E-state index contributed by atoms with van der Waals surface area (Å²) < 4.78 is 32.4. The molecule has 1 atom stereocenters. The molecule has 0 aliphatic carbocycles. The highest BCUT2D eigenvalue weighted by Crippen LogP contribution is 2.14. The number of unbranched alkanes of at least 4 members (excludes halogenated alkanes) is 15. The van der Waals surface area contributed by atoms with E-state index in [1.807, 2.05) is 0 Å². The highest BCUT2D eigenvalue weighted by Gasteiger charge is 2.20. The Hall–Kier alpha value is -2.69. The van der Waals surface area contributed by atoms with Crippen LogP contribution in [0.3, 0.4) is 0 Å². The molecular weight excluding hydrogens is 728 g/mol. The van der Waals surface area contributed by atoms with Gasteiger partial charge in [0.25, 0.3) is 0 Å². The van der Waals surface area contributed by atoms with Gasteiger partial charge in [-0.15, -0.1) is 0 Å². The van der Waals surface area contributed by atoms with E-state index >= 15 is 0 Å². The van der Waals surface area contributed by atoms with E-state index in [2.05, 4.69) is 10.6 Å². The van der Waals surface area contributed by atoms with E-state index in [4.69, 9.17) is 33.5 Å². The van der Waals surface area contributed by atoms with Crippen molar-refractivity contribution in [1.29, 1.82) is 0 Å². The Kier molecular flexibility index (Phi) is 39.9. The number of rotatable bonds is 45. The first-order chi connectivity index (χ1) is 27.2. The van der Waals surface area contributed by atoms with E-state index in [-0.39, 0.29) is 49.8 Å². The summed E-state index contributed by atoms with van der Waals surface area (Å²) in [4.78, 5) is 57.4. The summed E-state index contributed by atoms with van der Waals surface area (Å²) in [5.74, 6) is -2.34. The van der Waals surface area contributed by atoms with E-state index in [0.717, 1.165) is 38.5 Å². The maximum atomic E-state index is 12.3. The molecule has 0 aromatic heterocycles. The SMILES string of the molecule is CC(=O)CCOCCOCCOCCOCCOCCOCCNC(=O)CC[C@H](NC(=O)CCCCCCCCCCCCCCCCCCC(=O)O)C(=O)O. The van der Waals surface area contributed by atoms with E-state index in [0.29, 0.717) is 92.1 Å². The molecule has 0 saturated heterocycles. The summed E-state index contributed by atoms with van der Waals surface area (Å²) in [6, 6.07) is -1.10. The van der Waals surface area contributed by atoms with Gasteiger partial charge in [0.2, 0.25) is 11.8 Å². The molecule has 0 bridgehead atoms. The monoisotopic (exact) mass is 805 g/mol. The molecule has 0 rings (SSSR count). The number of carbonyl (C=O) groups excluding carboxylic acids is 3. The van der Waals surface area contributed by atoms with Crippen LogP contribution in [-0.2, 0) is 52.4 Å². The number of nitrogens with one attached hydrogen (secondary N) is 2. The Morgan fingerprint density at radius 3 is 1.16 bits per heavy atom. The summed E-state index contributed by atoms with van der Waals surface area (Å²) >= 11 is 0. The molecule has 0 spiro atoms. The molecule has 56 heavy (non-hydrogen) atoms. The Labute approximate surface area is 336 Å². The lowest BCUT2D eigenvalue weighted by molar-refractivity contribution is -0.142. The second-order valence-electron chi connectivity index (χ2n) is 14.0. The third-order valence-electron chi connectivity index (χ3n) is 8.86. The minimum Gasteiger partial charge on any atom is -0.481 e. The number of ketones is 1. The number of Topliss-reactive ketones (excluding diaryl/α,β-unsaturated/α-hetero) is 1. The predicted octanol–water partition coefficient (Wildman–Crippen LogP) is 5.64. The molecule has 15 nitrogen and oxygen atoms in total. The number of aliphatic carboxylic acids is 2. The van der Waals surface area contributed by atoms with E-state index in [9.17, 15) is 29.1 Å². The first kappa shape index (κ1) is 53.3. The van der Waals surface area contributed by atoms with Crippen LogP contribution >= 0.6 is 0 Å². The van der Waals surface area contributed by atoms with Crippen LogP contribution in [0.4, 0.5) is 0 Å². The van der Waals surface area contributed by atoms with Crippen molar-refractivity contribution in [3.8, 4) is 0 Å². The van der Waals surface area contributed by atoms with E-state index in [1.165, 1.54) is 64.7 Å². The molecule has 15 heteroatoms. The Bertz CT molecular complexity index is 970. The fourth-order valence-corrected chi connectivity index (χ4v) is 5.60. The minimum absolute atomic E-state index is 0.0149. The molecule has 0 fully saturated rings. The summed E-state index contributed by atoms with van der Waals surface area (Å²) in [6.45, 7) is 6.83. The molecule has 328 valence electrons. The summed E-state index contributed by atoms with van der Waals surface area (Å²) in [6.07, 6.45) is 19.0. The summed E-state index contributed by atoms with van der Waals surface area (Å²) in [5, 5.41) is 23.4. The second-order valence-corrected chi connectivity index (χ2v) is 14.0. The summed E-state index contributed by atoms with van der Waals surface area (Å²) in [7, 11) is 0. The second kappa shape index (κ2) is 41.9. The maximum Gasteiger partial charge on any atom is 0.326 e. The average Bonchev–Trinajstić information content (AvgIpc) is 3.16. The molecule has 2 amide bonds. The third kappa shape index (κ3) is 42.5. The van der Waals surface area contributed by atoms with Gasteiger partial charge < -0.3 is 49.3 Å². The minimum atomic E-state index is -1.15. The first-order valence-electron chi connectivity index (χ1n) is 21.2.